The predicted octanol–water partition coefficient (Wildman–Crippen LogP) is 1.09. The van der Waals surface area contributed by atoms with Crippen molar-refractivity contribution in [3.63, 3.8) is 0 Å². The van der Waals surface area contributed by atoms with Crippen LogP contribution in [0.4, 0.5) is 0 Å². The number of aliphatic carboxylic acids is 1. The summed E-state index contributed by atoms with van der Waals surface area (Å²) in [5, 5.41) is 9.51. The Hall–Kier alpha value is -2.57. The summed E-state index contributed by atoms with van der Waals surface area (Å²) < 4.78 is 5.13. The highest BCUT2D eigenvalue weighted by atomic mass is 16.4. The van der Waals surface area contributed by atoms with E-state index in [0.717, 1.165) is 6.42 Å². The van der Waals surface area contributed by atoms with Crippen LogP contribution in [0.5, 0.6) is 0 Å². The summed E-state index contributed by atoms with van der Waals surface area (Å²) in [6, 6.07) is 3.29. The SMILES string of the molecule is O=C(O)[C@@H]1[C@@H](C(=O)N2CCN(C(=O)c3ccco3)CC2)[C@H]2C=C[C@@H]1C2. The number of carboxylic acid groups (broad SMARTS) is 1. The number of amides is 2. The molecule has 1 saturated heterocycles. The molecule has 1 aromatic heterocycles. The van der Waals surface area contributed by atoms with E-state index in [2.05, 4.69) is 0 Å². The van der Waals surface area contributed by atoms with E-state index in [4.69, 9.17) is 4.42 Å². The Labute approximate surface area is 144 Å². The van der Waals surface area contributed by atoms with Crippen molar-refractivity contribution in [2.75, 3.05) is 26.2 Å². The molecule has 0 radical (unpaired) electrons. The van der Waals surface area contributed by atoms with Gasteiger partial charge in [-0.05, 0) is 30.4 Å². The monoisotopic (exact) mass is 344 g/mol. The maximum atomic E-state index is 12.9. The van der Waals surface area contributed by atoms with Gasteiger partial charge in [0.05, 0.1) is 18.1 Å². The summed E-state index contributed by atoms with van der Waals surface area (Å²) in [6.45, 7) is 1.71. The van der Waals surface area contributed by atoms with E-state index in [0.29, 0.717) is 31.9 Å². The van der Waals surface area contributed by atoms with Crippen LogP contribution in [0.25, 0.3) is 0 Å². The standard InChI is InChI=1S/C18H20N2O5/c21-16(13-2-1-9-25-13)19-5-7-20(8-6-19)17(22)14-11-3-4-12(10-11)15(14)18(23)24/h1-4,9,11-12,14-15H,5-8,10H2,(H,23,24)/t11-,12+,14-,15-/m0/s1. The minimum atomic E-state index is -0.887. The van der Waals surface area contributed by atoms with Crippen molar-refractivity contribution in [3.8, 4) is 0 Å². The van der Waals surface area contributed by atoms with Gasteiger partial charge < -0.3 is 19.3 Å². The van der Waals surface area contributed by atoms with Gasteiger partial charge in [-0.2, -0.15) is 0 Å². The molecule has 7 heteroatoms. The lowest BCUT2D eigenvalue weighted by Gasteiger charge is -2.37. The molecule has 2 aliphatic carbocycles. The van der Waals surface area contributed by atoms with Crippen LogP contribution in [-0.4, -0.2) is 58.9 Å². The Morgan fingerprint density at radius 2 is 1.64 bits per heavy atom. The second-order valence-electron chi connectivity index (χ2n) is 6.93. The Morgan fingerprint density at radius 3 is 2.24 bits per heavy atom. The van der Waals surface area contributed by atoms with Crippen LogP contribution in [0, 0.1) is 23.7 Å². The minimum absolute atomic E-state index is 0.0291. The van der Waals surface area contributed by atoms with Gasteiger partial charge in [-0.3, -0.25) is 14.4 Å². The van der Waals surface area contributed by atoms with Gasteiger partial charge in [0.25, 0.3) is 5.91 Å². The van der Waals surface area contributed by atoms with E-state index in [1.165, 1.54) is 6.26 Å². The third-order valence-corrected chi connectivity index (χ3v) is 5.64. The van der Waals surface area contributed by atoms with Gasteiger partial charge in [0.15, 0.2) is 5.76 Å². The average Bonchev–Trinajstić information content (AvgIpc) is 3.36. The Balaban J connectivity index is 1.41. The molecule has 7 nitrogen and oxygen atoms in total. The third kappa shape index (κ3) is 2.63. The second-order valence-corrected chi connectivity index (χ2v) is 6.93. The lowest BCUT2D eigenvalue weighted by atomic mass is 9.82. The van der Waals surface area contributed by atoms with Crippen molar-refractivity contribution in [1.82, 2.24) is 9.80 Å². The number of carbonyl (C=O) groups is 3. The van der Waals surface area contributed by atoms with Crippen LogP contribution in [0.1, 0.15) is 17.0 Å². The first-order valence-electron chi connectivity index (χ1n) is 8.59. The van der Waals surface area contributed by atoms with Crippen LogP contribution in [-0.2, 0) is 9.59 Å². The van der Waals surface area contributed by atoms with Gasteiger partial charge in [0, 0.05) is 26.2 Å². The quantitative estimate of drug-likeness (QED) is 0.829. The highest BCUT2D eigenvalue weighted by Gasteiger charge is 2.52. The largest absolute Gasteiger partial charge is 0.481 e. The van der Waals surface area contributed by atoms with Gasteiger partial charge in [0.2, 0.25) is 5.91 Å². The molecule has 2 heterocycles. The number of piperazine rings is 1. The summed E-state index contributed by atoms with van der Waals surface area (Å²) in [6.07, 6.45) is 6.14. The van der Waals surface area contributed by atoms with Crippen molar-refractivity contribution in [2.24, 2.45) is 23.7 Å². The number of hydrogen-bond acceptors (Lipinski definition) is 4. The fourth-order valence-electron chi connectivity index (χ4n) is 4.39. The van der Waals surface area contributed by atoms with Crippen LogP contribution >= 0.6 is 0 Å². The van der Waals surface area contributed by atoms with Gasteiger partial charge in [-0.25, -0.2) is 0 Å². The van der Waals surface area contributed by atoms with E-state index in [1.54, 1.807) is 21.9 Å². The topological polar surface area (TPSA) is 91.1 Å². The second kappa shape index (κ2) is 6.06. The molecular formula is C18H20N2O5. The van der Waals surface area contributed by atoms with Gasteiger partial charge in [-0.1, -0.05) is 12.2 Å². The molecule has 132 valence electrons. The molecule has 25 heavy (non-hydrogen) atoms. The first-order valence-corrected chi connectivity index (χ1v) is 8.59. The molecule has 0 spiro atoms. The Morgan fingerprint density at radius 1 is 1.00 bits per heavy atom. The van der Waals surface area contributed by atoms with E-state index in [-0.39, 0.29) is 23.7 Å². The van der Waals surface area contributed by atoms with Gasteiger partial charge in [-0.15, -0.1) is 0 Å². The Kier molecular flexibility index (Phi) is 3.86. The van der Waals surface area contributed by atoms with Crippen LogP contribution < -0.4 is 0 Å². The molecule has 1 N–H and O–H groups in total. The molecule has 4 atom stereocenters. The molecule has 1 aromatic rings. The first kappa shape index (κ1) is 15.9. The molecule has 1 saturated carbocycles. The van der Waals surface area contributed by atoms with Gasteiger partial charge in [0.1, 0.15) is 0 Å². The maximum absolute atomic E-state index is 12.9. The van der Waals surface area contributed by atoms with Crippen molar-refractivity contribution >= 4 is 17.8 Å². The molecule has 0 unspecified atom stereocenters. The summed E-state index contributed by atoms with van der Waals surface area (Å²) in [4.78, 5) is 40.2. The molecule has 4 rings (SSSR count). The van der Waals surface area contributed by atoms with E-state index < -0.39 is 17.8 Å². The fourth-order valence-corrected chi connectivity index (χ4v) is 4.39. The molecule has 0 aromatic carbocycles. The number of fused-ring (bicyclic) bond motifs is 2. The zero-order valence-corrected chi connectivity index (χ0v) is 13.7. The number of furan rings is 1. The predicted molar refractivity (Wildman–Crippen MR) is 86.5 cm³/mol. The number of carbonyl (C=O) groups excluding carboxylic acids is 2. The smallest absolute Gasteiger partial charge is 0.307 e. The molecule has 3 aliphatic rings. The fraction of sp³-hybridized carbons (Fsp3) is 0.500. The average molecular weight is 344 g/mol. The maximum Gasteiger partial charge on any atom is 0.307 e. The molecular weight excluding hydrogens is 324 g/mol. The molecule has 2 bridgehead atoms. The van der Waals surface area contributed by atoms with Crippen molar-refractivity contribution in [1.29, 1.82) is 0 Å². The van der Waals surface area contributed by atoms with Crippen molar-refractivity contribution in [3.05, 3.63) is 36.3 Å². The highest BCUT2D eigenvalue weighted by molar-refractivity contribution is 5.92. The number of rotatable bonds is 3. The highest BCUT2D eigenvalue weighted by Crippen LogP contribution is 2.48. The third-order valence-electron chi connectivity index (χ3n) is 5.64. The van der Waals surface area contributed by atoms with E-state index in [9.17, 15) is 19.5 Å². The normalized spacial score (nSPS) is 30.7. The zero-order valence-electron chi connectivity index (χ0n) is 13.7. The number of hydrogen-bond donors (Lipinski definition) is 1. The minimum Gasteiger partial charge on any atom is -0.481 e. The van der Waals surface area contributed by atoms with Crippen LogP contribution in [0.3, 0.4) is 0 Å². The van der Waals surface area contributed by atoms with Gasteiger partial charge >= 0.3 is 5.97 Å². The lowest BCUT2D eigenvalue weighted by Crippen LogP contribution is -2.53. The number of nitrogens with zero attached hydrogens (tertiary/aromatic N) is 2. The summed E-state index contributed by atoms with van der Waals surface area (Å²) in [7, 11) is 0. The van der Waals surface area contributed by atoms with Crippen LogP contribution in [0.15, 0.2) is 35.0 Å². The Bertz CT molecular complexity index is 718. The molecule has 1 aliphatic heterocycles. The summed E-state index contributed by atoms with van der Waals surface area (Å²) >= 11 is 0. The first-order chi connectivity index (χ1) is 12.1. The van der Waals surface area contributed by atoms with Crippen molar-refractivity contribution in [2.45, 2.75) is 6.42 Å². The van der Waals surface area contributed by atoms with Crippen LogP contribution in [0.2, 0.25) is 0 Å². The lowest BCUT2D eigenvalue weighted by molar-refractivity contribution is -0.151. The zero-order chi connectivity index (χ0) is 17.6. The van der Waals surface area contributed by atoms with Crippen molar-refractivity contribution < 1.29 is 23.9 Å². The number of allylic oxidation sites excluding steroid dienone is 2. The van der Waals surface area contributed by atoms with E-state index >= 15 is 0 Å². The number of carboxylic acids is 1. The summed E-state index contributed by atoms with van der Waals surface area (Å²) in [5.74, 6) is -1.95. The summed E-state index contributed by atoms with van der Waals surface area (Å²) in [5.41, 5.74) is 0. The van der Waals surface area contributed by atoms with E-state index in [1.807, 2.05) is 12.2 Å². The molecule has 2 amide bonds. The molecule has 2 fully saturated rings.